The maximum absolute atomic E-state index is 14.9. The number of carbonyl (C=O) groups is 5. The molecule has 1 aromatic carbocycles. The number of benzene rings is 1. The van der Waals surface area contributed by atoms with Crippen molar-refractivity contribution in [3.63, 3.8) is 0 Å². The first-order chi connectivity index (χ1) is 28.4. The number of amides is 1. The van der Waals surface area contributed by atoms with Gasteiger partial charge in [0.2, 0.25) is 12.0 Å². The first kappa shape index (κ1) is 45.6. The summed E-state index contributed by atoms with van der Waals surface area (Å²) in [5.41, 5.74) is -1.37. The highest BCUT2D eigenvalue weighted by Gasteiger charge is 2.76. The van der Waals surface area contributed by atoms with Gasteiger partial charge in [-0.3, -0.25) is 19.2 Å². The minimum atomic E-state index is -1.48. The fourth-order valence-corrected chi connectivity index (χ4v) is 9.08. The van der Waals surface area contributed by atoms with Crippen LogP contribution in [0, 0.1) is 10.8 Å². The Bertz CT molecular complexity index is 1750. The van der Waals surface area contributed by atoms with E-state index in [1.54, 1.807) is 52.8 Å². The number of hydrogen-bond donors (Lipinski definition) is 2. The van der Waals surface area contributed by atoms with Crippen LogP contribution in [0.1, 0.15) is 130 Å². The van der Waals surface area contributed by atoms with Crippen LogP contribution < -0.4 is 5.32 Å². The number of hydroxylamine groups is 2. The first-order valence-corrected chi connectivity index (χ1v) is 21.7. The summed E-state index contributed by atoms with van der Waals surface area (Å²) >= 11 is 0. The third-order valence-corrected chi connectivity index (χ3v) is 12.1. The van der Waals surface area contributed by atoms with Gasteiger partial charge in [0.15, 0.2) is 11.8 Å². The molecular weight excluding hydrogens is 776 g/mol. The van der Waals surface area contributed by atoms with Crippen LogP contribution in [-0.4, -0.2) is 107 Å². The van der Waals surface area contributed by atoms with Crippen LogP contribution >= 0.6 is 0 Å². The SMILES string of the molecule is CCCCCC1(CCCCC)O[C@@H]2[C@H]3ON(Cc4ccc(C=CC(=O)O[C@H]5C(=O)OCC5(C)C)cc4)[C@H]4C(=O)OC(CC34C(=O)N[C@H](CO)CCC(=O)OC(C)(C)C)[C@@H]2O1. The smallest absolute Gasteiger partial charge is 0.348 e. The van der Waals surface area contributed by atoms with Gasteiger partial charge in [-0.05, 0) is 57.2 Å². The second-order valence-electron chi connectivity index (χ2n) is 18.7. The molecule has 1 saturated carbocycles. The molecule has 1 aromatic rings. The van der Waals surface area contributed by atoms with Gasteiger partial charge in [-0.15, -0.1) is 0 Å². The summed E-state index contributed by atoms with van der Waals surface area (Å²) in [6, 6.07) is 5.25. The van der Waals surface area contributed by atoms with Crippen molar-refractivity contribution in [1.29, 1.82) is 0 Å². The number of unbranched alkanes of at least 4 members (excludes halogenated alkanes) is 4. The minimum absolute atomic E-state index is 0.0324. The number of aliphatic hydroxyl groups is 1. The molecule has 332 valence electrons. The van der Waals surface area contributed by atoms with Gasteiger partial charge < -0.3 is 38.8 Å². The number of fused-ring (bicyclic) bond motifs is 4. The Morgan fingerprint density at radius 3 is 2.25 bits per heavy atom. The second-order valence-corrected chi connectivity index (χ2v) is 18.7. The Morgan fingerprint density at radius 2 is 1.65 bits per heavy atom. The Kier molecular flexibility index (Phi) is 14.2. The molecule has 60 heavy (non-hydrogen) atoms. The Hall–Kier alpha value is -3.89. The highest BCUT2D eigenvalue weighted by molar-refractivity contribution is 5.94. The molecule has 4 aliphatic heterocycles. The van der Waals surface area contributed by atoms with E-state index in [1.165, 1.54) is 11.1 Å². The second kappa shape index (κ2) is 18.6. The van der Waals surface area contributed by atoms with Crippen molar-refractivity contribution >= 4 is 35.9 Å². The van der Waals surface area contributed by atoms with E-state index < -0.39 is 101 Å². The zero-order valence-electron chi connectivity index (χ0n) is 36.2. The zero-order chi connectivity index (χ0) is 43.5. The van der Waals surface area contributed by atoms with E-state index in [1.807, 2.05) is 12.1 Å². The Morgan fingerprint density at radius 1 is 0.983 bits per heavy atom. The number of rotatable bonds is 19. The van der Waals surface area contributed by atoms with Crippen molar-refractivity contribution in [3.8, 4) is 0 Å². The third kappa shape index (κ3) is 9.91. The lowest BCUT2D eigenvalue weighted by molar-refractivity contribution is -0.224. The summed E-state index contributed by atoms with van der Waals surface area (Å²) in [6.07, 6.45) is 6.02. The van der Waals surface area contributed by atoms with Crippen molar-refractivity contribution in [2.45, 2.75) is 180 Å². The van der Waals surface area contributed by atoms with Crippen molar-refractivity contribution < 1.29 is 62.3 Å². The molecule has 0 radical (unpaired) electrons. The number of esters is 4. The lowest BCUT2D eigenvalue weighted by atomic mass is 9.62. The number of aliphatic hydroxyl groups excluding tert-OH is 1. The van der Waals surface area contributed by atoms with Crippen molar-refractivity contribution in [3.05, 3.63) is 41.5 Å². The lowest BCUT2D eigenvalue weighted by Gasteiger charge is -2.49. The minimum Gasteiger partial charge on any atom is -0.462 e. The molecule has 0 aromatic heterocycles. The average molecular weight is 841 g/mol. The number of hydrogen-bond acceptors (Lipinski definition) is 14. The molecule has 1 amide bonds. The maximum atomic E-state index is 14.9. The summed E-state index contributed by atoms with van der Waals surface area (Å²) in [5, 5.41) is 14.9. The Labute approximate surface area is 353 Å². The predicted octanol–water partition coefficient (Wildman–Crippen LogP) is 5.23. The van der Waals surface area contributed by atoms with Crippen LogP contribution in [0.5, 0.6) is 0 Å². The summed E-state index contributed by atoms with van der Waals surface area (Å²) < 4.78 is 35.9. The van der Waals surface area contributed by atoms with E-state index in [0.29, 0.717) is 18.4 Å². The molecule has 4 heterocycles. The summed E-state index contributed by atoms with van der Waals surface area (Å²) in [5.74, 6) is -3.75. The standard InChI is InChI=1S/C45H64N2O13/c1-8-10-12-22-44(23-13-11-9-2)58-34-31-24-45(41(53)46-30(26-48)19-21-33(50)57-42(3,4)5)36(39(51)55-31)47(60-37(45)35(34)59-44)25-29-16-14-28(15-17-29)18-20-32(49)56-38-40(52)54-27-43(38,6)7/h14-18,20,30-31,34-38,48H,8-13,19,21-27H2,1-7H3,(H,46,53)/t30-,31?,34-,35-,36-,37+,38-,45?/m0/s1. The molecule has 2 unspecified atom stereocenters. The molecule has 15 nitrogen and oxygen atoms in total. The van der Waals surface area contributed by atoms with E-state index in [9.17, 15) is 29.1 Å². The molecule has 2 N–H and O–H groups in total. The van der Waals surface area contributed by atoms with Crippen molar-refractivity contribution in [2.75, 3.05) is 13.2 Å². The van der Waals surface area contributed by atoms with Gasteiger partial charge in [0, 0.05) is 37.2 Å². The van der Waals surface area contributed by atoms with Crippen molar-refractivity contribution in [1.82, 2.24) is 10.4 Å². The summed E-state index contributed by atoms with van der Waals surface area (Å²) in [4.78, 5) is 73.1. The van der Waals surface area contributed by atoms with Gasteiger partial charge in [0.05, 0.1) is 19.2 Å². The molecule has 0 spiro atoms. The number of cyclic esters (lactones) is 1. The monoisotopic (exact) mass is 840 g/mol. The molecular formula is C45H64N2O13. The quantitative estimate of drug-likeness (QED) is 0.0798. The van der Waals surface area contributed by atoms with Crippen molar-refractivity contribution in [2.24, 2.45) is 10.8 Å². The van der Waals surface area contributed by atoms with Gasteiger partial charge in [0.25, 0.3) is 0 Å². The topological polar surface area (TPSA) is 185 Å². The van der Waals surface area contributed by atoms with Crippen LogP contribution in [0.3, 0.4) is 0 Å². The fourth-order valence-electron chi connectivity index (χ4n) is 9.08. The fraction of sp³-hybridized carbons (Fsp3) is 0.711. The van der Waals surface area contributed by atoms with E-state index >= 15 is 0 Å². The van der Waals surface area contributed by atoms with Crippen LogP contribution in [0.4, 0.5) is 0 Å². The van der Waals surface area contributed by atoms with Crippen LogP contribution in [-0.2, 0) is 63.8 Å². The lowest BCUT2D eigenvalue weighted by Crippen LogP contribution is -2.70. The molecule has 15 heteroatoms. The summed E-state index contributed by atoms with van der Waals surface area (Å²) in [7, 11) is 0. The number of nitrogens with zero attached hydrogens (tertiary/aromatic N) is 1. The number of ether oxygens (including phenoxy) is 6. The third-order valence-electron chi connectivity index (χ3n) is 12.1. The molecule has 2 bridgehead atoms. The number of carbonyl (C=O) groups excluding carboxylic acids is 5. The van der Waals surface area contributed by atoms with E-state index in [-0.39, 0.29) is 32.4 Å². The van der Waals surface area contributed by atoms with Gasteiger partial charge in [0.1, 0.15) is 42.0 Å². The molecule has 4 saturated heterocycles. The van der Waals surface area contributed by atoms with Crippen LogP contribution in [0.15, 0.2) is 30.3 Å². The van der Waals surface area contributed by atoms with Gasteiger partial charge >= 0.3 is 23.9 Å². The van der Waals surface area contributed by atoms with Gasteiger partial charge in [-0.25, -0.2) is 9.59 Å². The number of nitrogens with one attached hydrogen (secondary N) is 1. The maximum Gasteiger partial charge on any atom is 0.348 e. The van der Waals surface area contributed by atoms with Crippen LogP contribution in [0.2, 0.25) is 0 Å². The first-order valence-electron chi connectivity index (χ1n) is 21.7. The highest BCUT2D eigenvalue weighted by Crippen LogP contribution is 2.58. The van der Waals surface area contributed by atoms with E-state index in [0.717, 1.165) is 44.1 Å². The molecule has 5 fully saturated rings. The highest BCUT2D eigenvalue weighted by atomic mass is 16.8. The zero-order valence-corrected chi connectivity index (χ0v) is 36.2. The van der Waals surface area contributed by atoms with Crippen LogP contribution in [0.25, 0.3) is 6.08 Å². The van der Waals surface area contributed by atoms with Gasteiger partial charge in [-0.2, -0.15) is 5.06 Å². The van der Waals surface area contributed by atoms with E-state index in [4.69, 9.17) is 33.3 Å². The molecule has 8 atom stereocenters. The Balaban J connectivity index is 1.24. The van der Waals surface area contributed by atoms with E-state index in [2.05, 4.69) is 19.2 Å². The summed E-state index contributed by atoms with van der Waals surface area (Å²) in [6.45, 7) is 13.0. The largest absolute Gasteiger partial charge is 0.462 e. The average Bonchev–Trinajstić information content (AvgIpc) is 3.83. The molecule has 6 rings (SSSR count). The molecule has 1 aliphatic carbocycles. The van der Waals surface area contributed by atoms with Gasteiger partial charge in [-0.1, -0.05) is 77.6 Å². The normalized spacial score (nSPS) is 29.5. The molecule has 5 aliphatic rings. The predicted molar refractivity (Wildman–Crippen MR) is 216 cm³/mol.